The van der Waals surface area contributed by atoms with Crippen LogP contribution in [0.25, 0.3) is 0 Å². The smallest absolute Gasteiger partial charge is 0.408 e. The molecule has 0 bridgehead atoms. The van der Waals surface area contributed by atoms with Crippen molar-refractivity contribution in [2.75, 3.05) is 13.7 Å². The fourth-order valence-corrected chi connectivity index (χ4v) is 1.75. The quantitative estimate of drug-likeness (QED) is 0.768. The zero-order chi connectivity index (χ0) is 16.0. The molecule has 0 aliphatic rings. The van der Waals surface area contributed by atoms with Gasteiger partial charge < -0.3 is 25.0 Å². The van der Waals surface area contributed by atoms with E-state index in [9.17, 15) is 9.90 Å². The van der Waals surface area contributed by atoms with Crippen molar-refractivity contribution in [3.8, 4) is 5.75 Å². The van der Waals surface area contributed by atoms with Gasteiger partial charge in [-0.3, -0.25) is 0 Å². The molecule has 0 fully saturated rings. The first-order chi connectivity index (χ1) is 9.76. The second-order valence-electron chi connectivity index (χ2n) is 5.65. The fraction of sp³-hybridized carbons (Fsp3) is 0.533. The van der Waals surface area contributed by atoms with Crippen LogP contribution in [0.5, 0.6) is 5.75 Å². The molecular weight excluding hydrogens is 274 g/mol. The minimum atomic E-state index is -1.13. The van der Waals surface area contributed by atoms with Crippen molar-refractivity contribution in [1.82, 2.24) is 5.32 Å². The van der Waals surface area contributed by atoms with Gasteiger partial charge >= 0.3 is 6.09 Å². The van der Waals surface area contributed by atoms with Crippen molar-refractivity contribution in [3.63, 3.8) is 0 Å². The van der Waals surface area contributed by atoms with Crippen LogP contribution in [0.4, 0.5) is 4.79 Å². The number of methoxy groups -OCH3 is 1. The number of aliphatic hydroxyl groups excluding tert-OH is 2. The first-order valence-electron chi connectivity index (χ1n) is 6.69. The van der Waals surface area contributed by atoms with E-state index in [1.54, 1.807) is 52.1 Å². The van der Waals surface area contributed by atoms with Gasteiger partial charge in [0.2, 0.25) is 0 Å². The third kappa shape index (κ3) is 5.61. The number of hydrogen-bond acceptors (Lipinski definition) is 5. The highest BCUT2D eigenvalue weighted by atomic mass is 16.6. The topological polar surface area (TPSA) is 88.0 Å². The Kier molecular flexibility index (Phi) is 5.99. The Morgan fingerprint density at radius 1 is 1.29 bits per heavy atom. The Balaban J connectivity index is 2.87. The van der Waals surface area contributed by atoms with Crippen molar-refractivity contribution in [1.29, 1.82) is 0 Å². The number of ether oxygens (including phenoxy) is 2. The molecular formula is C15H23NO5. The molecule has 0 aromatic heterocycles. The summed E-state index contributed by atoms with van der Waals surface area (Å²) in [4.78, 5) is 11.8. The van der Waals surface area contributed by atoms with Crippen molar-refractivity contribution in [2.45, 2.75) is 38.5 Å². The Bertz CT molecular complexity index is 452. The van der Waals surface area contributed by atoms with Crippen LogP contribution in [0.15, 0.2) is 24.3 Å². The van der Waals surface area contributed by atoms with Gasteiger partial charge in [-0.1, -0.05) is 12.1 Å². The normalized spacial score (nSPS) is 14.2. The van der Waals surface area contributed by atoms with E-state index in [-0.39, 0.29) is 0 Å². The average Bonchev–Trinajstić information content (AvgIpc) is 2.42. The first kappa shape index (κ1) is 17.3. The standard InChI is InChI=1S/C15H23NO5/c1-15(2,3)21-14(19)16-13(12(18)9-17)10-5-7-11(20-4)8-6-10/h5-8,12-13,17-18H,9H2,1-4H3,(H,16,19)/t12-,13-/m1/s1. The summed E-state index contributed by atoms with van der Waals surface area (Å²) in [5, 5.41) is 21.6. The van der Waals surface area contributed by atoms with Crippen molar-refractivity contribution >= 4 is 6.09 Å². The number of benzene rings is 1. The molecule has 1 aromatic carbocycles. The molecule has 0 aliphatic carbocycles. The van der Waals surface area contributed by atoms with E-state index in [0.717, 1.165) is 0 Å². The number of hydrogen-bond donors (Lipinski definition) is 3. The lowest BCUT2D eigenvalue weighted by Crippen LogP contribution is -2.40. The summed E-state index contributed by atoms with van der Waals surface area (Å²) >= 11 is 0. The van der Waals surface area contributed by atoms with Gasteiger partial charge in [-0.2, -0.15) is 0 Å². The summed E-state index contributed by atoms with van der Waals surface area (Å²) in [6, 6.07) is 6.07. The van der Waals surface area contributed by atoms with Gasteiger partial charge in [-0.15, -0.1) is 0 Å². The molecule has 0 radical (unpaired) electrons. The third-order valence-corrected chi connectivity index (χ3v) is 2.72. The zero-order valence-corrected chi connectivity index (χ0v) is 12.8. The van der Waals surface area contributed by atoms with E-state index in [1.165, 1.54) is 0 Å². The number of aliphatic hydroxyl groups is 2. The summed E-state index contributed by atoms with van der Waals surface area (Å²) in [5.74, 6) is 0.660. The molecule has 118 valence electrons. The second-order valence-corrected chi connectivity index (χ2v) is 5.65. The van der Waals surface area contributed by atoms with Gasteiger partial charge in [-0.25, -0.2) is 4.79 Å². The van der Waals surface area contributed by atoms with Crippen LogP contribution in [0.2, 0.25) is 0 Å². The highest BCUT2D eigenvalue weighted by Crippen LogP contribution is 2.21. The minimum Gasteiger partial charge on any atom is -0.497 e. The molecule has 1 aromatic rings. The van der Waals surface area contributed by atoms with Crippen LogP contribution >= 0.6 is 0 Å². The van der Waals surface area contributed by atoms with Crippen LogP contribution in [0.3, 0.4) is 0 Å². The lowest BCUT2D eigenvalue weighted by molar-refractivity contribution is 0.0316. The number of amides is 1. The van der Waals surface area contributed by atoms with Crippen LogP contribution < -0.4 is 10.1 Å². The molecule has 0 aliphatic heterocycles. The monoisotopic (exact) mass is 297 g/mol. The summed E-state index contributed by atoms with van der Waals surface area (Å²) < 4.78 is 10.2. The van der Waals surface area contributed by atoms with Gasteiger partial charge in [0.25, 0.3) is 0 Å². The largest absolute Gasteiger partial charge is 0.497 e. The molecule has 0 unspecified atom stereocenters. The number of carbonyl (C=O) groups excluding carboxylic acids is 1. The van der Waals surface area contributed by atoms with Gasteiger partial charge in [0.15, 0.2) is 0 Å². The molecule has 1 amide bonds. The number of rotatable bonds is 5. The van der Waals surface area contributed by atoms with E-state index in [2.05, 4.69) is 5.32 Å². The molecule has 0 spiro atoms. The van der Waals surface area contributed by atoms with Gasteiger partial charge in [0.1, 0.15) is 17.5 Å². The Labute approximate surface area is 124 Å². The maximum absolute atomic E-state index is 11.8. The lowest BCUT2D eigenvalue weighted by Gasteiger charge is -2.26. The fourth-order valence-electron chi connectivity index (χ4n) is 1.75. The first-order valence-corrected chi connectivity index (χ1v) is 6.69. The van der Waals surface area contributed by atoms with Gasteiger partial charge in [0, 0.05) is 0 Å². The Morgan fingerprint density at radius 3 is 2.29 bits per heavy atom. The molecule has 0 saturated carbocycles. The number of alkyl carbamates (subject to hydrolysis) is 1. The van der Waals surface area contributed by atoms with Crippen molar-refractivity contribution < 1.29 is 24.5 Å². The van der Waals surface area contributed by atoms with Gasteiger partial charge in [0.05, 0.1) is 19.8 Å². The molecule has 21 heavy (non-hydrogen) atoms. The van der Waals surface area contributed by atoms with E-state index >= 15 is 0 Å². The summed E-state index contributed by atoms with van der Waals surface area (Å²) in [6.07, 6.45) is -1.79. The van der Waals surface area contributed by atoms with Crippen LogP contribution in [0.1, 0.15) is 32.4 Å². The maximum atomic E-state index is 11.8. The lowest BCUT2D eigenvalue weighted by atomic mass is 10.0. The summed E-state index contributed by atoms with van der Waals surface area (Å²) in [7, 11) is 1.55. The predicted molar refractivity (Wildman–Crippen MR) is 78.2 cm³/mol. The van der Waals surface area contributed by atoms with E-state index < -0.39 is 30.4 Å². The molecule has 6 nitrogen and oxygen atoms in total. The van der Waals surface area contributed by atoms with Crippen LogP contribution in [0, 0.1) is 0 Å². The van der Waals surface area contributed by atoms with Crippen LogP contribution in [-0.4, -0.2) is 41.7 Å². The highest BCUT2D eigenvalue weighted by molar-refractivity contribution is 5.68. The van der Waals surface area contributed by atoms with Crippen molar-refractivity contribution in [2.24, 2.45) is 0 Å². The van der Waals surface area contributed by atoms with Crippen molar-refractivity contribution in [3.05, 3.63) is 29.8 Å². The zero-order valence-electron chi connectivity index (χ0n) is 12.8. The Morgan fingerprint density at radius 2 is 1.86 bits per heavy atom. The van der Waals surface area contributed by atoms with Gasteiger partial charge in [-0.05, 0) is 38.5 Å². The second kappa shape index (κ2) is 7.28. The summed E-state index contributed by atoms with van der Waals surface area (Å²) in [6.45, 7) is 4.76. The molecule has 2 atom stereocenters. The highest BCUT2D eigenvalue weighted by Gasteiger charge is 2.25. The SMILES string of the molecule is COc1ccc([C@@H](NC(=O)OC(C)(C)C)[C@H](O)CO)cc1. The summed E-state index contributed by atoms with van der Waals surface area (Å²) in [5.41, 5.74) is 0.00169. The van der Waals surface area contributed by atoms with Crippen LogP contribution in [-0.2, 0) is 4.74 Å². The average molecular weight is 297 g/mol. The maximum Gasteiger partial charge on any atom is 0.408 e. The number of carbonyl (C=O) groups is 1. The predicted octanol–water partition coefficient (Wildman–Crippen LogP) is 1.61. The number of nitrogens with one attached hydrogen (secondary N) is 1. The third-order valence-electron chi connectivity index (χ3n) is 2.72. The molecule has 1 rings (SSSR count). The van der Waals surface area contributed by atoms with E-state index in [4.69, 9.17) is 14.6 Å². The van der Waals surface area contributed by atoms with E-state index in [0.29, 0.717) is 11.3 Å². The molecule has 6 heteroatoms. The minimum absolute atomic E-state index is 0.480. The molecule has 0 heterocycles. The molecule has 3 N–H and O–H groups in total. The Hall–Kier alpha value is -1.79. The molecule has 0 saturated heterocycles. The van der Waals surface area contributed by atoms with E-state index in [1.807, 2.05) is 0 Å².